The molecular weight excluding hydrogens is 206 g/mol. The summed E-state index contributed by atoms with van der Waals surface area (Å²) in [4.78, 5) is 21.2. The molecule has 0 unspecified atom stereocenters. The third-order valence-corrected chi connectivity index (χ3v) is 2.61. The average molecular weight is 221 g/mol. The molecule has 0 aliphatic carbocycles. The van der Waals surface area contributed by atoms with Crippen LogP contribution in [0.25, 0.3) is 0 Å². The van der Waals surface area contributed by atoms with Gasteiger partial charge in [-0.3, -0.25) is 4.79 Å². The number of aliphatic hydroxyl groups excluding tert-OH is 1. The molecule has 5 nitrogen and oxygen atoms in total. The van der Waals surface area contributed by atoms with E-state index in [1.807, 2.05) is 0 Å². The molecule has 0 saturated heterocycles. The van der Waals surface area contributed by atoms with Crippen molar-refractivity contribution in [1.29, 1.82) is 0 Å². The minimum absolute atomic E-state index is 0.264. The van der Waals surface area contributed by atoms with E-state index in [9.17, 15) is 9.59 Å². The smallest absolute Gasteiger partial charge is 0.327 e. The summed E-state index contributed by atoms with van der Waals surface area (Å²) in [5.41, 5.74) is 0. The fourth-order valence-electron chi connectivity index (χ4n) is 0.777. The van der Waals surface area contributed by atoms with E-state index in [-0.39, 0.29) is 11.7 Å². The van der Waals surface area contributed by atoms with Crippen LogP contribution in [0.15, 0.2) is 0 Å². The zero-order chi connectivity index (χ0) is 11.1. The molecule has 0 aromatic heterocycles. The number of amides is 1. The summed E-state index contributed by atoms with van der Waals surface area (Å²) in [6.07, 6.45) is -0.466. The lowest BCUT2D eigenvalue weighted by molar-refractivity contribution is -0.140. The second-order valence-electron chi connectivity index (χ2n) is 2.98. The normalized spacial score (nSPS) is 14.5. The van der Waals surface area contributed by atoms with Crippen LogP contribution in [0, 0.1) is 0 Å². The van der Waals surface area contributed by atoms with Gasteiger partial charge in [0.2, 0.25) is 5.91 Å². The van der Waals surface area contributed by atoms with Crippen molar-refractivity contribution in [3.63, 3.8) is 0 Å². The van der Waals surface area contributed by atoms with Gasteiger partial charge in [-0.25, -0.2) is 4.79 Å². The topological polar surface area (TPSA) is 86.6 Å². The number of hydrogen-bond acceptors (Lipinski definition) is 4. The summed E-state index contributed by atoms with van der Waals surface area (Å²) in [7, 11) is 0. The van der Waals surface area contributed by atoms with Gasteiger partial charge < -0.3 is 15.5 Å². The van der Waals surface area contributed by atoms with Gasteiger partial charge in [-0.2, -0.15) is 11.8 Å². The molecule has 3 N–H and O–H groups in total. The molecule has 14 heavy (non-hydrogen) atoms. The van der Waals surface area contributed by atoms with E-state index in [1.165, 1.54) is 18.7 Å². The molecule has 0 radical (unpaired) electrons. The predicted octanol–water partition coefficient (Wildman–Crippen LogP) is -0.310. The predicted molar refractivity (Wildman–Crippen MR) is 54.2 cm³/mol. The molecule has 0 heterocycles. The van der Waals surface area contributed by atoms with Gasteiger partial charge in [-0.1, -0.05) is 0 Å². The summed E-state index contributed by atoms with van der Waals surface area (Å²) in [5, 5.41) is 19.9. The highest BCUT2D eigenvalue weighted by molar-refractivity contribution is 7.99. The Morgan fingerprint density at radius 3 is 2.36 bits per heavy atom. The standard InChI is InChI=1S/C8H15NO4S/c1-5(10)3-14-4-7(8(12)13)9-6(2)11/h5,7,10H,3-4H2,1-2H3,(H,9,11)(H,12,13)/t5-,7-/m1/s1. The second-order valence-corrected chi connectivity index (χ2v) is 4.05. The Bertz CT molecular complexity index is 208. The Morgan fingerprint density at radius 1 is 1.43 bits per heavy atom. The number of thioether (sulfide) groups is 1. The maximum atomic E-state index is 10.6. The number of carbonyl (C=O) groups excluding carboxylic acids is 1. The molecule has 0 aliphatic rings. The number of carboxylic acids is 1. The van der Waals surface area contributed by atoms with E-state index in [0.717, 1.165) is 0 Å². The van der Waals surface area contributed by atoms with Gasteiger partial charge in [0.25, 0.3) is 0 Å². The van der Waals surface area contributed by atoms with Crippen LogP contribution >= 0.6 is 11.8 Å². The number of carbonyl (C=O) groups is 2. The third kappa shape index (κ3) is 6.73. The van der Waals surface area contributed by atoms with Crippen LogP contribution in [0.4, 0.5) is 0 Å². The van der Waals surface area contributed by atoms with Crippen molar-refractivity contribution in [2.24, 2.45) is 0 Å². The van der Waals surface area contributed by atoms with Crippen molar-refractivity contribution in [2.75, 3.05) is 11.5 Å². The molecule has 2 atom stereocenters. The van der Waals surface area contributed by atoms with E-state index >= 15 is 0 Å². The molecule has 0 aromatic carbocycles. The van der Waals surface area contributed by atoms with Crippen LogP contribution in [-0.2, 0) is 9.59 Å². The fraction of sp³-hybridized carbons (Fsp3) is 0.750. The van der Waals surface area contributed by atoms with Crippen molar-refractivity contribution in [3.05, 3.63) is 0 Å². The highest BCUT2D eigenvalue weighted by Gasteiger charge is 2.18. The molecule has 6 heteroatoms. The van der Waals surface area contributed by atoms with Gasteiger partial charge in [0.05, 0.1) is 6.10 Å². The monoisotopic (exact) mass is 221 g/mol. The maximum Gasteiger partial charge on any atom is 0.327 e. The van der Waals surface area contributed by atoms with Gasteiger partial charge in [-0.05, 0) is 6.92 Å². The third-order valence-electron chi connectivity index (χ3n) is 1.32. The number of nitrogens with one attached hydrogen (secondary N) is 1. The summed E-state index contributed by atoms with van der Waals surface area (Å²) < 4.78 is 0. The Kier molecular flexibility index (Phi) is 6.31. The van der Waals surface area contributed by atoms with E-state index in [4.69, 9.17) is 10.2 Å². The summed E-state index contributed by atoms with van der Waals surface area (Å²) in [5.74, 6) is -0.697. The van der Waals surface area contributed by atoms with Crippen molar-refractivity contribution in [3.8, 4) is 0 Å². The van der Waals surface area contributed by atoms with Gasteiger partial charge in [0.1, 0.15) is 6.04 Å². The number of rotatable bonds is 6. The molecule has 1 amide bonds. The first-order valence-corrected chi connectivity index (χ1v) is 5.34. The summed E-state index contributed by atoms with van der Waals surface area (Å²) >= 11 is 1.29. The summed E-state index contributed by atoms with van der Waals surface area (Å²) in [6.45, 7) is 2.90. The van der Waals surface area contributed by atoms with Gasteiger partial charge in [-0.15, -0.1) is 0 Å². The average Bonchev–Trinajstić information content (AvgIpc) is 2.00. The lowest BCUT2D eigenvalue weighted by Crippen LogP contribution is -2.41. The Labute approximate surface area is 86.9 Å². The molecule has 0 spiro atoms. The van der Waals surface area contributed by atoms with E-state index in [0.29, 0.717) is 5.75 Å². The van der Waals surface area contributed by atoms with Crippen LogP contribution in [0.2, 0.25) is 0 Å². The minimum Gasteiger partial charge on any atom is -0.480 e. The van der Waals surface area contributed by atoms with Crippen LogP contribution in [0.3, 0.4) is 0 Å². The van der Waals surface area contributed by atoms with E-state index in [1.54, 1.807) is 6.92 Å². The van der Waals surface area contributed by atoms with Crippen LogP contribution in [-0.4, -0.2) is 45.7 Å². The maximum absolute atomic E-state index is 10.6. The lowest BCUT2D eigenvalue weighted by atomic mass is 10.3. The van der Waals surface area contributed by atoms with Gasteiger partial charge >= 0.3 is 5.97 Å². The molecule has 0 bridgehead atoms. The largest absolute Gasteiger partial charge is 0.480 e. The van der Waals surface area contributed by atoms with Crippen LogP contribution in [0.5, 0.6) is 0 Å². The molecule has 0 saturated carbocycles. The van der Waals surface area contributed by atoms with Gasteiger partial charge in [0.15, 0.2) is 0 Å². The molecule has 0 rings (SSSR count). The summed E-state index contributed by atoms with van der Waals surface area (Å²) in [6, 6.07) is -0.878. The van der Waals surface area contributed by atoms with Crippen molar-refractivity contribution >= 4 is 23.6 Å². The first kappa shape index (κ1) is 13.2. The van der Waals surface area contributed by atoms with Crippen LogP contribution < -0.4 is 5.32 Å². The molecular formula is C8H15NO4S. The van der Waals surface area contributed by atoms with Gasteiger partial charge in [0, 0.05) is 18.4 Å². The minimum atomic E-state index is -1.06. The Hall–Kier alpha value is -0.750. The first-order valence-electron chi connectivity index (χ1n) is 4.19. The van der Waals surface area contributed by atoms with Crippen molar-refractivity contribution in [1.82, 2.24) is 5.32 Å². The number of hydrogen-bond donors (Lipinski definition) is 3. The lowest BCUT2D eigenvalue weighted by Gasteiger charge is -2.13. The van der Waals surface area contributed by atoms with Crippen molar-refractivity contribution in [2.45, 2.75) is 26.0 Å². The zero-order valence-corrected chi connectivity index (χ0v) is 9.00. The SMILES string of the molecule is CC(=O)N[C@H](CSC[C@@H](C)O)C(=O)O. The number of carboxylic acid groups (broad SMARTS) is 1. The molecule has 0 aromatic rings. The molecule has 82 valence electrons. The first-order chi connectivity index (χ1) is 6.43. The van der Waals surface area contributed by atoms with Crippen molar-refractivity contribution < 1.29 is 19.8 Å². The highest BCUT2D eigenvalue weighted by atomic mass is 32.2. The zero-order valence-electron chi connectivity index (χ0n) is 8.19. The quantitative estimate of drug-likeness (QED) is 0.572. The van der Waals surface area contributed by atoms with E-state index < -0.39 is 18.1 Å². The Balaban J connectivity index is 3.86. The molecule has 0 aliphatic heterocycles. The fourth-order valence-corrected chi connectivity index (χ4v) is 1.72. The Morgan fingerprint density at radius 2 is 2.00 bits per heavy atom. The van der Waals surface area contributed by atoms with Crippen LogP contribution in [0.1, 0.15) is 13.8 Å². The number of aliphatic carboxylic acids is 1. The second kappa shape index (κ2) is 6.67. The number of aliphatic hydroxyl groups is 1. The van der Waals surface area contributed by atoms with E-state index in [2.05, 4.69) is 5.32 Å². The highest BCUT2D eigenvalue weighted by Crippen LogP contribution is 2.05. The molecule has 0 fully saturated rings.